The van der Waals surface area contributed by atoms with Gasteiger partial charge < -0.3 is 29.2 Å². The van der Waals surface area contributed by atoms with Gasteiger partial charge in [0.2, 0.25) is 23.2 Å². The third kappa shape index (κ3) is 12.1. The molecule has 4 aliphatic rings. The molecule has 0 amide bonds. The van der Waals surface area contributed by atoms with E-state index in [1.165, 1.54) is 126 Å². The molecule has 12 nitrogen and oxygen atoms in total. The maximum Gasteiger partial charge on any atom is 2.00 e. The minimum Gasteiger partial charge on any atom is -0.871 e. The zero-order chi connectivity index (χ0) is 60.3. The van der Waals surface area contributed by atoms with Crippen molar-refractivity contribution in [1.82, 2.24) is 0 Å². The van der Waals surface area contributed by atoms with Crippen molar-refractivity contribution in [2.24, 2.45) is 20.0 Å². The van der Waals surface area contributed by atoms with Crippen LogP contribution < -0.4 is 29.2 Å². The van der Waals surface area contributed by atoms with Crippen LogP contribution in [0, 0.1) is 58.2 Å². The van der Waals surface area contributed by atoms with Gasteiger partial charge in [-0.2, -0.15) is 0 Å². The number of halogens is 10. The van der Waals surface area contributed by atoms with Gasteiger partial charge in [-0.05, 0) is 133 Å². The maximum absolute atomic E-state index is 15.1. The zero-order valence-corrected chi connectivity index (χ0v) is 47.4. The number of aliphatic imine (C=N–C) groups is 4. The number of methoxy groups -OCH3 is 4. The Hall–Kier alpha value is -10.0. The average Bonchev–Trinajstić information content (AvgIpc) is 4.61. The molecule has 0 aromatic heterocycles. The molecule has 0 saturated carbocycles. The molecule has 0 saturated heterocycles. The number of carbonyl (C=O) groups is 2. The molecule has 0 unspecified atom stereocenters. The molecule has 0 aliphatic carbocycles. The molecule has 0 bridgehead atoms. The summed E-state index contributed by atoms with van der Waals surface area (Å²) in [4.78, 5) is 42.7. The van der Waals surface area contributed by atoms with Crippen molar-refractivity contribution in [2.75, 3.05) is 28.4 Å². The first-order chi connectivity index (χ1) is 40.3. The SMILES string of the molecule is COc1ccc(C(=O)C2=N/C(=C(C3=N/C(=C(\[O-])c4ccc(OC)cc4)C=C3)/c3c(F)c(F)c(F)c(F)c3F)C=C2)cc1.COc1ccc(C(=O)C2=N/C(=C(C3=N/C(=C(\[O-])c4ccc(OC)cc4)C=C3)/c3c(F)c(F)c(F)c(F)c3F)C=C2)cc1.[Zn+2]. The molecule has 4 aliphatic heterocycles. The molecule has 424 valence electrons. The normalized spacial score (nSPS) is 16.2. The van der Waals surface area contributed by atoms with Crippen molar-refractivity contribution in [3.63, 3.8) is 0 Å². The maximum atomic E-state index is 15.1. The van der Waals surface area contributed by atoms with Gasteiger partial charge in [0.15, 0.2) is 46.5 Å². The van der Waals surface area contributed by atoms with Crippen LogP contribution in [0.4, 0.5) is 43.9 Å². The second-order valence-corrected chi connectivity index (χ2v) is 17.7. The van der Waals surface area contributed by atoms with Crippen molar-refractivity contribution in [3.05, 3.63) is 260 Å². The Kier molecular flexibility index (Phi) is 18.4. The van der Waals surface area contributed by atoms with Crippen LogP contribution in [-0.2, 0) is 19.5 Å². The van der Waals surface area contributed by atoms with E-state index < -0.39 is 104 Å². The van der Waals surface area contributed by atoms with Gasteiger partial charge in [0.1, 0.15) is 34.4 Å². The Morgan fingerprint density at radius 1 is 0.318 bits per heavy atom. The standard InChI is InChI=1S/2C31H19F5N2O4.Zn/c2*1-41-17-7-3-15(4-8-17)30(39)21-13-11-19(37-21)23(24-25(32)27(34)29(36)28(35)26(24)33)20-12-14-22(38-20)31(40)16-5-9-18(42-2)10-6-16;/h2*3-14,39H,1-2H3;/q;;+2/p-2/b2*23-20+,30-21-;. The van der Waals surface area contributed by atoms with Crippen molar-refractivity contribution in [1.29, 1.82) is 0 Å². The number of Topliss-reactive ketones (excluding diaryl/α,β-unsaturated/α-hetero) is 2. The van der Waals surface area contributed by atoms with Crippen LogP contribution in [0.1, 0.15) is 43.0 Å². The van der Waals surface area contributed by atoms with E-state index in [4.69, 9.17) is 18.9 Å². The first-order valence-corrected chi connectivity index (χ1v) is 24.4. The number of hydrogen-bond donors (Lipinski definition) is 0. The molecule has 0 spiro atoms. The van der Waals surface area contributed by atoms with E-state index in [1.54, 1.807) is 48.5 Å². The van der Waals surface area contributed by atoms with Crippen LogP contribution in [0.25, 0.3) is 22.7 Å². The number of carbonyl (C=O) groups excluding carboxylic acids is 2. The van der Waals surface area contributed by atoms with Gasteiger partial charge in [-0.1, -0.05) is 35.8 Å². The van der Waals surface area contributed by atoms with Crippen LogP contribution in [-0.4, -0.2) is 62.9 Å². The smallest absolute Gasteiger partial charge is 0.871 e. The number of hydrogen-bond acceptors (Lipinski definition) is 12. The van der Waals surface area contributed by atoms with Crippen LogP contribution in [0.15, 0.2) is 188 Å². The topological polar surface area (TPSA) is 167 Å². The van der Waals surface area contributed by atoms with E-state index in [2.05, 4.69) is 20.0 Å². The number of ketones is 2. The van der Waals surface area contributed by atoms with E-state index in [1.807, 2.05) is 0 Å². The first kappa shape index (κ1) is 61.1. The van der Waals surface area contributed by atoms with E-state index in [9.17, 15) is 46.1 Å². The molecule has 0 N–H and O–H groups in total. The van der Waals surface area contributed by atoms with Gasteiger partial charge in [-0.25, -0.2) is 63.9 Å². The molecule has 85 heavy (non-hydrogen) atoms. The monoisotopic (exact) mass is 1220 g/mol. The van der Waals surface area contributed by atoms with Gasteiger partial charge in [0.05, 0.1) is 73.8 Å². The van der Waals surface area contributed by atoms with Gasteiger partial charge in [0, 0.05) is 22.3 Å². The summed E-state index contributed by atoms with van der Waals surface area (Å²) in [5.74, 6) is -22.2. The van der Waals surface area contributed by atoms with Gasteiger partial charge in [-0.3, -0.25) is 9.59 Å². The largest absolute Gasteiger partial charge is 2.00 e. The van der Waals surface area contributed by atoms with Crippen molar-refractivity contribution in [3.8, 4) is 23.0 Å². The quantitative estimate of drug-likeness (QED) is 0.0259. The summed E-state index contributed by atoms with van der Waals surface area (Å²) < 4.78 is 165. The number of ether oxygens (including phenoxy) is 4. The summed E-state index contributed by atoms with van der Waals surface area (Å²) >= 11 is 0. The molecule has 10 rings (SSSR count). The van der Waals surface area contributed by atoms with E-state index in [0.29, 0.717) is 23.0 Å². The fourth-order valence-corrected chi connectivity index (χ4v) is 8.50. The molecule has 6 aromatic carbocycles. The molecule has 4 heterocycles. The van der Waals surface area contributed by atoms with Gasteiger partial charge in [-0.15, -0.1) is 0 Å². The van der Waals surface area contributed by atoms with Crippen molar-refractivity contribution < 1.29 is 102 Å². The fraction of sp³-hybridized carbons (Fsp3) is 0.0645. The Balaban J connectivity index is 0.000000219. The minimum absolute atomic E-state index is 0. The summed E-state index contributed by atoms with van der Waals surface area (Å²) in [6.45, 7) is 0. The fourth-order valence-electron chi connectivity index (χ4n) is 8.50. The number of benzene rings is 6. The first-order valence-electron chi connectivity index (χ1n) is 24.4. The predicted molar refractivity (Wildman–Crippen MR) is 287 cm³/mol. The second-order valence-electron chi connectivity index (χ2n) is 17.7. The van der Waals surface area contributed by atoms with Gasteiger partial charge in [0.25, 0.3) is 0 Å². The zero-order valence-electron chi connectivity index (χ0n) is 44.4. The van der Waals surface area contributed by atoms with Gasteiger partial charge >= 0.3 is 19.5 Å². The summed E-state index contributed by atoms with van der Waals surface area (Å²) in [6.07, 6.45) is 9.68. The summed E-state index contributed by atoms with van der Waals surface area (Å²) in [5, 5.41) is 26.1. The Labute approximate surface area is 488 Å². The predicted octanol–water partition coefficient (Wildman–Crippen LogP) is 11.5. The third-order valence-corrected chi connectivity index (χ3v) is 12.8. The minimum atomic E-state index is -2.34. The summed E-state index contributed by atoms with van der Waals surface area (Å²) in [7, 11) is 5.80. The second kappa shape index (κ2) is 25.6. The number of nitrogens with zero attached hydrogens (tertiary/aromatic N) is 4. The van der Waals surface area contributed by atoms with Crippen molar-refractivity contribution >= 4 is 57.1 Å². The van der Waals surface area contributed by atoms with E-state index in [-0.39, 0.29) is 87.4 Å². The third-order valence-electron chi connectivity index (χ3n) is 12.8. The average molecular weight is 1220 g/mol. The molecule has 0 atom stereocenters. The number of allylic oxidation sites excluding steroid dienone is 10. The molecule has 23 heteroatoms. The van der Waals surface area contributed by atoms with Crippen LogP contribution >= 0.6 is 0 Å². The van der Waals surface area contributed by atoms with E-state index >= 15 is 17.6 Å². The molecular formula is C62H36F10N4O8Zn. The van der Waals surface area contributed by atoms with Crippen molar-refractivity contribution in [2.45, 2.75) is 0 Å². The number of rotatable bonds is 14. The molecule has 0 radical (unpaired) electrons. The van der Waals surface area contributed by atoms with Crippen LogP contribution in [0.3, 0.4) is 0 Å². The molecular weight excluding hydrogens is 1180 g/mol. The van der Waals surface area contributed by atoms with Crippen LogP contribution in [0.2, 0.25) is 0 Å². The molecule has 0 fully saturated rings. The Morgan fingerprint density at radius 2 is 0.541 bits per heavy atom. The van der Waals surface area contributed by atoms with Crippen LogP contribution in [0.5, 0.6) is 23.0 Å². The van der Waals surface area contributed by atoms with E-state index in [0.717, 1.165) is 0 Å². The Morgan fingerprint density at radius 3 is 0.812 bits per heavy atom. The summed E-state index contributed by atoms with van der Waals surface area (Å²) in [6, 6.07) is 24.1. The summed E-state index contributed by atoms with van der Waals surface area (Å²) in [5.41, 5.74) is -4.92. The molecule has 6 aromatic rings. The Bertz CT molecular complexity index is 3820.